The number of fused-ring (bicyclic) bond motifs is 1. The highest BCUT2D eigenvalue weighted by Gasteiger charge is 2.23. The van der Waals surface area contributed by atoms with Crippen LogP contribution in [0.4, 0.5) is 5.13 Å². The molecular weight excluding hydrogens is 478 g/mol. The van der Waals surface area contributed by atoms with E-state index in [9.17, 15) is 9.59 Å². The maximum atomic E-state index is 13.7. The summed E-state index contributed by atoms with van der Waals surface area (Å²) in [6.45, 7) is 2.18. The van der Waals surface area contributed by atoms with E-state index in [1.807, 2.05) is 55.5 Å². The first-order chi connectivity index (χ1) is 17.0. The van der Waals surface area contributed by atoms with Gasteiger partial charge in [-0.1, -0.05) is 71.5 Å². The molecule has 0 unspecified atom stereocenters. The second kappa shape index (κ2) is 9.78. The van der Waals surface area contributed by atoms with E-state index in [1.165, 1.54) is 11.3 Å². The number of pyridine rings is 1. The number of benzene rings is 3. The number of carbonyl (C=O) groups excluding carboxylic acids is 2. The van der Waals surface area contributed by atoms with Crippen molar-refractivity contribution < 1.29 is 9.59 Å². The van der Waals surface area contributed by atoms with E-state index in [0.717, 1.165) is 21.5 Å². The van der Waals surface area contributed by atoms with Crippen LogP contribution in [0.25, 0.3) is 10.2 Å². The molecule has 3 aromatic carbocycles. The zero-order valence-electron chi connectivity index (χ0n) is 18.8. The van der Waals surface area contributed by atoms with E-state index in [1.54, 1.807) is 47.5 Å². The molecule has 0 aliphatic heterocycles. The summed E-state index contributed by atoms with van der Waals surface area (Å²) in [6.07, 6.45) is 1.70. The number of halogens is 1. The van der Waals surface area contributed by atoms with E-state index >= 15 is 0 Å². The van der Waals surface area contributed by atoms with Crippen molar-refractivity contribution in [3.8, 4) is 0 Å². The number of ketones is 1. The van der Waals surface area contributed by atoms with Crippen molar-refractivity contribution >= 4 is 50.0 Å². The van der Waals surface area contributed by atoms with Gasteiger partial charge in [0.15, 0.2) is 10.9 Å². The molecule has 0 saturated heterocycles. The highest BCUT2D eigenvalue weighted by atomic mass is 35.5. The van der Waals surface area contributed by atoms with Crippen LogP contribution in [-0.2, 0) is 6.54 Å². The standard InChI is InChI=1S/C28H20ClN3O2S/c1-18-23(29)14-15-24-25(18)31-28(35-24)32(17-22-9-5-6-16-30-22)27(34)21-12-10-20(11-13-21)26(33)19-7-3-2-4-8-19/h2-16H,17H2,1H3. The largest absolute Gasteiger partial charge is 0.289 e. The molecule has 5 rings (SSSR count). The molecule has 0 radical (unpaired) electrons. The second-order valence-electron chi connectivity index (χ2n) is 8.00. The number of anilines is 1. The van der Waals surface area contributed by atoms with Crippen LogP contribution >= 0.6 is 22.9 Å². The molecule has 35 heavy (non-hydrogen) atoms. The molecule has 0 aliphatic rings. The first kappa shape index (κ1) is 22.9. The van der Waals surface area contributed by atoms with Crippen LogP contribution in [0.2, 0.25) is 5.02 Å². The molecule has 0 aliphatic carbocycles. The lowest BCUT2D eigenvalue weighted by molar-refractivity contribution is 0.0982. The zero-order chi connectivity index (χ0) is 24.4. The van der Waals surface area contributed by atoms with Crippen molar-refractivity contribution in [2.45, 2.75) is 13.5 Å². The average Bonchev–Trinajstić information content (AvgIpc) is 3.35. The van der Waals surface area contributed by atoms with Crippen LogP contribution in [-0.4, -0.2) is 21.7 Å². The van der Waals surface area contributed by atoms with Gasteiger partial charge in [0, 0.05) is 27.9 Å². The lowest BCUT2D eigenvalue weighted by atomic mass is 10.0. The highest BCUT2D eigenvalue weighted by Crippen LogP contribution is 2.34. The van der Waals surface area contributed by atoms with Crippen LogP contribution in [0.1, 0.15) is 37.5 Å². The van der Waals surface area contributed by atoms with Gasteiger partial charge in [0.05, 0.1) is 22.5 Å². The first-order valence-electron chi connectivity index (χ1n) is 11.0. The van der Waals surface area contributed by atoms with Crippen molar-refractivity contribution in [1.82, 2.24) is 9.97 Å². The summed E-state index contributed by atoms with van der Waals surface area (Å²) < 4.78 is 0.949. The SMILES string of the molecule is Cc1c(Cl)ccc2sc(N(Cc3ccccn3)C(=O)c3ccc(C(=O)c4ccccc4)cc3)nc12. The topological polar surface area (TPSA) is 63.2 Å². The Balaban J connectivity index is 1.50. The molecule has 0 bridgehead atoms. The maximum absolute atomic E-state index is 13.7. The Kier molecular flexibility index (Phi) is 6.40. The fourth-order valence-electron chi connectivity index (χ4n) is 3.76. The van der Waals surface area contributed by atoms with E-state index in [-0.39, 0.29) is 18.2 Å². The van der Waals surface area contributed by atoms with Gasteiger partial charge in [0.1, 0.15) is 0 Å². The third kappa shape index (κ3) is 4.71. The van der Waals surface area contributed by atoms with Crippen molar-refractivity contribution in [3.63, 3.8) is 0 Å². The summed E-state index contributed by atoms with van der Waals surface area (Å²) in [5.74, 6) is -0.314. The van der Waals surface area contributed by atoms with Crippen molar-refractivity contribution in [2.24, 2.45) is 0 Å². The Bertz CT molecular complexity index is 1520. The van der Waals surface area contributed by atoms with E-state index in [4.69, 9.17) is 16.6 Å². The van der Waals surface area contributed by atoms with Gasteiger partial charge in [0.2, 0.25) is 0 Å². The molecule has 0 atom stereocenters. The van der Waals surface area contributed by atoms with Crippen LogP contribution < -0.4 is 4.90 Å². The first-order valence-corrected chi connectivity index (χ1v) is 12.2. The van der Waals surface area contributed by atoms with E-state index in [2.05, 4.69) is 4.98 Å². The molecule has 0 fully saturated rings. The predicted molar refractivity (Wildman–Crippen MR) is 140 cm³/mol. The molecule has 7 heteroatoms. The number of aromatic nitrogens is 2. The van der Waals surface area contributed by atoms with Gasteiger partial charge in [-0.2, -0.15) is 0 Å². The zero-order valence-corrected chi connectivity index (χ0v) is 20.4. The third-order valence-electron chi connectivity index (χ3n) is 5.69. The summed E-state index contributed by atoms with van der Waals surface area (Å²) in [5.41, 5.74) is 3.98. The lowest BCUT2D eigenvalue weighted by Gasteiger charge is -2.19. The maximum Gasteiger partial charge on any atom is 0.260 e. The van der Waals surface area contributed by atoms with Gasteiger partial charge in [-0.15, -0.1) is 0 Å². The number of hydrogen-bond acceptors (Lipinski definition) is 5. The fraction of sp³-hybridized carbons (Fsp3) is 0.0714. The van der Waals surface area contributed by atoms with Crippen molar-refractivity contribution in [1.29, 1.82) is 0 Å². The normalized spacial score (nSPS) is 10.9. The smallest absolute Gasteiger partial charge is 0.260 e. The molecule has 1 amide bonds. The van der Waals surface area contributed by atoms with Crippen molar-refractivity contribution in [3.05, 3.63) is 124 Å². The molecule has 172 valence electrons. The van der Waals surface area contributed by atoms with Crippen LogP contribution in [0.5, 0.6) is 0 Å². The number of carbonyl (C=O) groups is 2. The molecule has 5 nitrogen and oxygen atoms in total. The second-order valence-corrected chi connectivity index (χ2v) is 9.42. The molecule has 0 saturated carbocycles. The van der Waals surface area contributed by atoms with E-state index < -0.39 is 0 Å². The number of hydrogen-bond donors (Lipinski definition) is 0. The van der Waals surface area contributed by atoms with Crippen LogP contribution in [0.15, 0.2) is 91.1 Å². The number of aryl methyl sites for hydroxylation is 1. The molecule has 2 aromatic heterocycles. The predicted octanol–water partition coefficient (Wildman–Crippen LogP) is 6.73. The van der Waals surface area contributed by atoms with Gasteiger partial charge in [-0.25, -0.2) is 4.98 Å². The monoisotopic (exact) mass is 497 g/mol. The van der Waals surface area contributed by atoms with Gasteiger partial charge in [-0.05, 0) is 48.9 Å². The molecule has 2 heterocycles. The van der Waals surface area contributed by atoms with Crippen molar-refractivity contribution in [2.75, 3.05) is 4.90 Å². The fourth-order valence-corrected chi connectivity index (χ4v) is 4.94. The van der Waals surface area contributed by atoms with Crippen LogP contribution in [0.3, 0.4) is 0 Å². The van der Waals surface area contributed by atoms with Gasteiger partial charge in [0.25, 0.3) is 5.91 Å². The number of thiazole rings is 1. The quantitative estimate of drug-likeness (QED) is 0.244. The van der Waals surface area contributed by atoms with Crippen LogP contribution in [0, 0.1) is 6.92 Å². The van der Waals surface area contributed by atoms with E-state index in [0.29, 0.717) is 26.8 Å². The van der Waals surface area contributed by atoms with Gasteiger partial charge >= 0.3 is 0 Å². The minimum Gasteiger partial charge on any atom is -0.289 e. The Morgan fingerprint density at radius 2 is 1.54 bits per heavy atom. The lowest BCUT2D eigenvalue weighted by Crippen LogP contribution is -2.30. The van der Waals surface area contributed by atoms with Gasteiger partial charge in [-0.3, -0.25) is 19.5 Å². The highest BCUT2D eigenvalue weighted by molar-refractivity contribution is 7.22. The Morgan fingerprint density at radius 1 is 0.857 bits per heavy atom. The summed E-state index contributed by atoms with van der Waals surface area (Å²) in [6, 6.07) is 25.2. The Morgan fingerprint density at radius 3 is 2.26 bits per heavy atom. The summed E-state index contributed by atoms with van der Waals surface area (Å²) in [4.78, 5) is 37.2. The minimum atomic E-state index is -0.225. The molecule has 0 N–H and O–H groups in total. The Hall–Kier alpha value is -3.87. The molecular formula is C28H20ClN3O2S. The number of rotatable bonds is 6. The molecule has 5 aromatic rings. The number of amides is 1. The minimum absolute atomic E-state index is 0.0894. The number of nitrogens with zero attached hydrogens (tertiary/aromatic N) is 3. The molecule has 0 spiro atoms. The summed E-state index contributed by atoms with van der Waals surface area (Å²) in [5, 5.41) is 1.20. The average molecular weight is 498 g/mol. The Labute approximate surface area is 211 Å². The summed E-state index contributed by atoms with van der Waals surface area (Å²) in [7, 11) is 0. The summed E-state index contributed by atoms with van der Waals surface area (Å²) >= 11 is 7.73. The third-order valence-corrected chi connectivity index (χ3v) is 7.14. The van der Waals surface area contributed by atoms with Gasteiger partial charge < -0.3 is 0 Å².